The van der Waals surface area contributed by atoms with E-state index in [0.29, 0.717) is 41.9 Å². The van der Waals surface area contributed by atoms with E-state index in [9.17, 15) is 9.59 Å². The summed E-state index contributed by atoms with van der Waals surface area (Å²) >= 11 is 6.55. The Labute approximate surface area is 259 Å². The quantitative estimate of drug-likeness (QED) is 0.288. The van der Waals surface area contributed by atoms with Crippen molar-refractivity contribution in [3.8, 4) is 0 Å². The smallest absolute Gasteiger partial charge is 0.270 e. The number of H-pyrrole nitrogens is 1. The molecule has 2 saturated heterocycles. The van der Waals surface area contributed by atoms with Gasteiger partial charge in [-0.3, -0.25) is 19.6 Å². The third kappa shape index (κ3) is 6.91. The summed E-state index contributed by atoms with van der Waals surface area (Å²) in [7, 11) is 0. The van der Waals surface area contributed by atoms with Crippen molar-refractivity contribution in [2.24, 2.45) is 0 Å². The van der Waals surface area contributed by atoms with E-state index >= 15 is 0 Å². The van der Waals surface area contributed by atoms with Crippen molar-refractivity contribution in [2.75, 3.05) is 38.0 Å². The van der Waals surface area contributed by atoms with Crippen LogP contribution in [0.4, 0.5) is 5.82 Å². The molecule has 1 aromatic carbocycles. The summed E-state index contributed by atoms with van der Waals surface area (Å²) in [5, 5.41) is 15.8. The number of piperidine rings is 1. The van der Waals surface area contributed by atoms with E-state index in [4.69, 9.17) is 16.6 Å². The largest absolute Gasteiger partial charge is 0.361 e. The van der Waals surface area contributed by atoms with Gasteiger partial charge in [0.15, 0.2) is 5.82 Å². The number of anilines is 1. The number of hydrogen-bond acceptors (Lipinski definition) is 6. The first-order valence-electron chi connectivity index (χ1n) is 15.4. The zero-order valence-electron chi connectivity index (χ0n) is 26.3. The minimum Gasteiger partial charge on any atom is -0.361 e. The third-order valence-corrected chi connectivity index (χ3v) is 8.68. The molecule has 0 aliphatic carbocycles. The minimum absolute atomic E-state index is 0.00190. The van der Waals surface area contributed by atoms with Gasteiger partial charge >= 0.3 is 0 Å². The fraction of sp³-hybridized carbons (Fsp3) is 0.562. The molecule has 0 unspecified atom stereocenters. The van der Waals surface area contributed by atoms with E-state index < -0.39 is 0 Å². The molecule has 3 N–H and O–H groups in total. The molecule has 0 bridgehead atoms. The molecule has 0 atom stereocenters. The van der Waals surface area contributed by atoms with Crippen LogP contribution in [0.3, 0.4) is 0 Å². The molecule has 10 nitrogen and oxygen atoms in total. The molecule has 0 radical (unpaired) electrons. The van der Waals surface area contributed by atoms with Crippen LogP contribution < -0.4 is 10.6 Å². The number of hydrogen-bond donors (Lipinski definition) is 3. The Bertz CT molecular complexity index is 1500. The second-order valence-electron chi connectivity index (χ2n) is 13.2. The van der Waals surface area contributed by atoms with Gasteiger partial charge in [-0.05, 0) is 69.8 Å². The van der Waals surface area contributed by atoms with E-state index in [0.717, 1.165) is 41.9 Å². The topological polar surface area (TPSA) is 111 Å². The molecule has 0 saturated carbocycles. The SMILES string of the molecule is Cc1nc(CNc2n[nH]c3cc(Cl)c(C(C)(C)C)cc23)n(C(C)C)c1C(=O)NC1CN(C(=O)/C=C/CN2CCCCC2)C1. The number of likely N-dealkylation sites (tertiary alicyclic amines) is 2. The number of carbonyl (C=O) groups is 2. The monoisotopic (exact) mass is 608 g/mol. The maximum atomic E-state index is 13.5. The highest BCUT2D eigenvalue weighted by molar-refractivity contribution is 6.32. The van der Waals surface area contributed by atoms with Crippen molar-refractivity contribution in [3.05, 3.63) is 52.1 Å². The van der Waals surface area contributed by atoms with Gasteiger partial charge in [0.05, 0.1) is 23.8 Å². The highest BCUT2D eigenvalue weighted by atomic mass is 35.5. The first kappa shape index (κ1) is 31.1. The van der Waals surface area contributed by atoms with E-state index in [2.05, 4.69) is 52.6 Å². The number of aryl methyl sites for hydroxylation is 1. The third-order valence-electron chi connectivity index (χ3n) is 8.36. The predicted octanol–water partition coefficient (Wildman–Crippen LogP) is 5.19. The molecular formula is C32H45ClN8O2. The standard InChI is InChI=1S/C32H45ClN8O2/c1-20(2)41-27(17-34-30-23-15-24(32(4,5)6)25(33)16-26(23)37-38-30)35-21(3)29(41)31(43)36-22-18-40(19-22)28(42)11-10-14-39-12-8-7-9-13-39/h10-11,15-16,20,22H,7-9,12-14,17-19H2,1-6H3,(H,36,43)(H2,34,37,38)/b11-10+. The fourth-order valence-electron chi connectivity index (χ4n) is 6.02. The Morgan fingerprint density at radius 2 is 1.88 bits per heavy atom. The molecule has 3 aromatic rings. The molecule has 2 aliphatic rings. The Kier molecular flexibility index (Phi) is 9.18. The van der Waals surface area contributed by atoms with Gasteiger partial charge in [0, 0.05) is 42.2 Å². The van der Waals surface area contributed by atoms with Crippen molar-refractivity contribution in [1.29, 1.82) is 0 Å². The van der Waals surface area contributed by atoms with Gasteiger partial charge in [-0.25, -0.2) is 4.98 Å². The van der Waals surface area contributed by atoms with Crippen LogP contribution >= 0.6 is 11.6 Å². The highest BCUT2D eigenvalue weighted by Gasteiger charge is 2.33. The second kappa shape index (κ2) is 12.7. The van der Waals surface area contributed by atoms with Crippen LogP contribution in [0.2, 0.25) is 5.02 Å². The average molecular weight is 609 g/mol. The number of benzene rings is 1. The van der Waals surface area contributed by atoms with Gasteiger partial charge in [0.1, 0.15) is 11.5 Å². The lowest BCUT2D eigenvalue weighted by molar-refractivity contribution is -0.130. The number of nitrogens with one attached hydrogen (secondary N) is 3. The molecule has 11 heteroatoms. The zero-order valence-corrected chi connectivity index (χ0v) is 27.0. The van der Waals surface area contributed by atoms with E-state index in [1.54, 1.807) is 11.0 Å². The summed E-state index contributed by atoms with van der Waals surface area (Å²) < 4.78 is 1.98. The molecular weight excluding hydrogens is 564 g/mol. The van der Waals surface area contributed by atoms with Gasteiger partial charge < -0.3 is 20.1 Å². The predicted molar refractivity (Wildman–Crippen MR) is 172 cm³/mol. The van der Waals surface area contributed by atoms with Crippen LogP contribution in [0.15, 0.2) is 24.3 Å². The maximum Gasteiger partial charge on any atom is 0.270 e. The van der Waals surface area contributed by atoms with Gasteiger partial charge in [-0.15, -0.1) is 0 Å². The number of rotatable bonds is 9. The second-order valence-corrected chi connectivity index (χ2v) is 13.6. The minimum atomic E-state index is -0.169. The fourth-order valence-corrected chi connectivity index (χ4v) is 6.47. The number of carbonyl (C=O) groups excluding carboxylic acids is 2. The number of halogens is 1. The lowest BCUT2D eigenvalue weighted by Gasteiger charge is -2.39. The zero-order chi connectivity index (χ0) is 30.9. The first-order chi connectivity index (χ1) is 20.4. The summed E-state index contributed by atoms with van der Waals surface area (Å²) in [4.78, 5) is 35.0. The molecule has 43 heavy (non-hydrogen) atoms. The van der Waals surface area contributed by atoms with Gasteiger partial charge in [-0.1, -0.05) is 44.9 Å². The van der Waals surface area contributed by atoms with Crippen LogP contribution in [-0.2, 0) is 16.8 Å². The molecule has 2 aromatic heterocycles. The molecule has 5 rings (SSSR count). The molecule has 0 spiro atoms. The van der Waals surface area contributed by atoms with Crippen molar-refractivity contribution in [1.82, 2.24) is 34.9 Å². The van der Waals surface area contributed by atoms with E-state index in [1.165, 1.54) is 19.3 Å². The van der Waals surface area contributed by atoms with Crippen LogP contribution in [-0.4, -0.2) is 80.1 Å². The number of fused-ring (bicyclic) bond motifs is 1. The van der Waals surface area contributed by atoms with Crippen LogP contribution in [0.1, 0.15) is 87.5 Å². The van der Waals surface area contributed by atoms with E-state index in [1.807, 2.05) is 37.5 Å². The molecule has 4 heterocycles. The Balaban J connectivity index is 1.21. The summed E-state index contributed by atoms with van der Waals surface area (Å²) in [5.74, 6) is 1.30. The molecule has 232 valence electrons. The van der Waals surface area contributed by atoms with Crippen molar-refractivity contribution >= 4 is 40.1 Å². The van der Waals surface area contributed by atoms with Gasteiger partial charge in [0.25, 0.3) is 5.91 Å². The number of amides is 2. The lowest BCUT2D eigenvalue weighted by atomic mass is 9.86. The number of imidazole rings is 1. The summed E-state index contributed by atoms with van der Waals surface area (Å²) in [6.45, 7) is 16.8. The van der Waals surface area contributed by atoms with E-state index in [-0.39, 0.29) is 29.3 Å². The lowest BCUT2D eigenvalue weighted by Crippen LogP contribution is -2.60. The maximum absolute atomic E-state index is 13.5. The van der Waals surface area contributed by atoms with Crippen molar-refractivity contribution in [2.45, 2.75) is 84.8 Å². The Morgan fingerprint density at radius 1 is 1.16 bits per heavy atom. The average Bonchev–Trinajstić information content (AvgIpc) is 3.48. The van der Waals surface area contributed by atoms with Crippen LogP contribution in [0.5, 0.6) is 0 Å². The van der Waals surface area contributed by atoms with Crippen molar-refractivity contribution < 1.29 is 9.59 Å². The summed E-state index contributed by atoms with van der Waals surface area (Å²) in [6.07, 6.45) is 7.40. The number of aromatic nitrogens is 4. The number of nitrogens with zero attached hydrogens (tertiary/aromatic N) is 5. The van der Waals surface area contributed by atoms with Gasteiger partial charge in [-0.2, -0.15) is 5.10 Å². The molecule has 2 aliphatic heterocycles. The summed E-state index contributed by atoms with van der Waals surface area (Å²) in [6, 6.07) is 3.94. The number of aromatic amines is 1. The molecule has 2 fully saturated rings. The Hall–Kier alpha value is -3.37. The van der Waals surface area contributed by atoms with Gasteiger partial charge in [0.2, 0.25) is 5.91 Å². The highest BCUT2D eigenvalue weighted by Crippen LogP contribution is 2.35. The summed E-state index contributed by atoms with van der Waals surface area (Å²) in [5.41, 5.74) is 3.02. The van der Waals surface area contributed by atoms with Crippen LogP contribution in [0, 0.1) is 6.92 Å². The molecule has 2 amide bonds. The van der Waals surface area contributed by atoms with Crippen LogP contribution in [0.25, 0.3) is 10.9 Å². The first-order valence-corrected chi connectivity index (χ1v) is 15.8. The Morgan fingerprint density at radius 3 is 2.56 bits per heavy atom. The normalized spacial score (nSPS) is 16.8. The van der Waals surface area contributed by atoms with Crippen molar-refractivity contribution in [3.63, 3.8) is 0 Å².